The van der Waals surface area contributed by atoms with Crippen molar-refractivity contribution in [3.63, 3.8) is 0 Å². The van der Waals surface area contributed by atoms with E-state index in [1.54, 1.807) is 6.07 Å². The second kappa shape index (κ2) is 5.32. The highest BCUT2D eigenvalue weighted by Crippen LogP contribution is 2.27. The van der Waals surface area contributed by atoms with Gasteiger partial charge in [0.1, 0.15) is 0 Å². The quantitative estimate of drug-likeness (QED) is 0.835. The van der Waals surface area contributed by atoms with E-state index in [0.29, 0.717) is 24.9 Å². The lowest BCUT2D eigenvalue weighted by Gasteiger charge is -2.32. The van der Waals surface area contributed by atoms with Gasteiger partial charge < -0.3 is 0 Å². The maximum atomic E-state index is 12.3. The second-order valence-corrected chi connectivity index (χ2v) is 6.93. The maximum absolute atomic E-state index is 12.3. The fraction of sp³-hybridized carbons (Fsp3) is 0.667. The van der Waals surface area contributed by atoms with Crippen LogP contribution >= 0.6 is 0 Å². The van der Waals surface area contributed by atoms with Crippen LogP contribution in [0.3, 0.4) is 0 Å². The average Bonchev–Trinajstić information content (AvgIpc) is 2.40. The Morgan fingerprint density at radius 2 is 2.00 bits per heavy atom. The van der Waals surface area contributed by atoms with Gasteiger partial charge in [0, 0.05) is 19.3 Å². The molecule has 100 valence electrons. The third kappa shape index (κ3) is 2.70. The number of rotatable bonds is 3. The van der Waals surface area contributed by atoms with E-state index in [2.05, 4.69) is 24.0 Å². The number of aromatic nitrogens is 2. The smallest absolute Gasteiger partial charge is 0.205 e. The van der Waals surface area contributed by atoms with Gasteiger partial charge in [-0.3, -0.25) is 0 Å². The first-order valence-electron chi connectivity index (χ1n) is 6.29. The van der Waals surface area contributed by atoms with Gasteiger partial charge in [-0.15, -0.1) is 5.10 Å². The zero-order valence-corrected chi connectivity index (χ0v) is 11.6. The van der Waals surface area contributed by atoms with Crippen molar-refractivity contribution in [1.29, 1.82) is 0 Å². The van der Waals surface area contributed by atoms with Crippen LogP contribution in [0.25, 0.3) is 0 Å². The molecular weight excluding hydrogens is 250 g/mol. The fourth-order valence-electron chi connectivity index (χ4n) is 2.34. The number of hydrogen-bond acceptors (Lipinski definition) is 4. The van der Waals surface area contributed by atoms with Crippen LogP contribution in [-0.2, 0) is 10.0 Å². The molecule has 1 aromatic heterocycles. The van der Waals surface area contributed by atoms with Gasteiger partial charge in [-0.2, -0.15) is 9.40 Å². The molecule has 0 spiro atoms. The van der Waals surface area contributed by atoms with E-state index in [4.69, 9.17) is 0 Å². The SMILES string of the molecule is CC(C)C1CCN(S(=O)(=O)c2cccnn2)CC1. The topological polar surface area (TPSA) is 63.2 Å². The van der Waals surface area contributed by atoms with E-state index in [1.165, 1.54) is 16.6 Å². The largest absolute Gasteiger partial charge is 0.262 e. The summed E-state index contributed by atoms with van der Waals surface area (Å²) in [5.74, 6) is 1.24. The van der Waals surface area contributed by atoms with Crippen molar-refractivity contribution in [2.24, 2.45) is 11.8 Å². The molecule has 1 saturated heterocycles. The average molecular weight is 269 g/mol. The molecular formula is C12H19N3O2S. The molecule has 1 aliphatic heterocycles. The molecule has 2 rings (SSSR count). The molecule has 1 aliphatic rings. The van der Waals surface area contributed by atoms with Crippen LogP contribution in [0.2, 0.25) is 0 Å². The molecule has 0 saturated carbocycles. The van der Waals surface area contributed by atoms with Crippen LogP contribution in [-0.4, -0.2) is 36.0 Å². The molecule has 0 atom stereocenters. The summed E-state index contributed by atoms with van der Waals surface area (Å²) in [6.45, 7) is 5.55. The van der Waals surface area contributed by atoms with Crippen molar-refractivity contribution in [1.82, 2.24) is 14.5 Å². The van der Waals surface area contributed by atoms with Gasteiger partial charge in [0.25, 0.3) is 10.0 Å². The predicted molar refractivity (Wildman–Crippen MR) is 68.4 cm³/mol. The Hall–Kier alpha value is -1.01. The Morgan fingerprint density at radius 3 is 2.50 bits per heavy atom. The van der Waals surface area contributed by atoms with E-state index in [-0.39, 0.29) is 5.03 Å². The zero-order valence-electron chi connectivity index (χ0n) is 10.8. The third-order valence-electron chi connectivity index (χ3n) is 3.59. The molecule has 0 radical (unpaired) electrons. The molecule has 1 fully saturated rings. The predicted octanol–water partition coefficient (Wildman–Crippen LogP) is 1.53. The maximum Gasteiger partial charge on any atom is 0.262 e. The van der Waals surface area contributed by atoms with Gasteiger partial charge in [-0.25, -0.2) is 8.42 Å². The number of nitrogens with zero attached hydrogens (tertiary/aromatic N) is 3. The first-order valence-corrected chi connectivity index (χ1v) is 7.73. The Kier molecular flexibility index (Phi) is 3.97. The van der Waals surface area contributed by atoms with E-state index in [9.17, 15) is 8.42 Å². The van der Waals surface area contributed by atoms with E-state index in [0.717, 1.165) is 12.8 Å². The van der Waals surface area contributed by atoms with Crippen molar-refractivity contribution in [2.75, 3.05) is 13.1 Å². The summed E-state index contributed by atoms with van der Waals surface area (Å²) in [7, 11) is -3.45. The van der Waals surface area contributed by atoms with Gasteiger partial charge >= 0.3 is 0 Å². The highest BCUT2D eigenvalue weighted by Gasteiger charge is 2.31. The van der Waals surface area contributed by atoms with Gasteiger partial charge in [-0.05, 0) is 36.8 Å². The minimum atomic E-state index is -3.45. The molecule has 0 aromatic carbocycles. The Balaban J connectivity index is 2.10. The molecule has 2 heterocycles. The van der Waals surface area contributed by atoms with Crippen molar-refractivity contribution < 1.29 is 8.42 Å². The fourth-order valence-corrected chi connectivity index (χ4v) is 3.70. The third-order valence-corrected chi connectivity index (χ3v) is 5.38. The summed E-state index contributed by atoms with van der Waals surface area (Å²) in [6, 6.07) is 3.09. The molecule has 1 aromatic rings. The molecule has 5 nitrogen and oxygen atoms in total. The normalized spacial score (nSPS) is 19.3. The van der Waals surface area contributed by atoms with Crippen LogP contribution in [0.1, 0.15) is 26.7 Å². The molecule has 0 N–H and O–H groups in total. The highest BCUT2D eigenvalue weighted by molar-refractivity contribution is 7.89. The molecule has 0 bridgehead atoms. The van der Waals surface area contributed by atoms with E-state index < -0.39 is 10.0 Å². The summed E-state index contributed by atoms with van der Waals surface area (Å²) >= 11 is 0. The van der Waals surface area contributed by atoms with Gasteiger partial charge in [0.05, 0.1) is 0 Å². The van der Waals surface area contributed by atoms with Crippen molar-refractivity contribution in [3.05, 3.63) is 18.3 Å². The number of sulfonamides is 1. The number of piperidine rings is 1. The zero-order chi connectivity index (χ0) is 13.2. The Morgan fingerprint density at radius 1 is 1.33 bits per heavy atom. The highest BCUT2D eigenvalue weighted by atomic mass is 32.2. The minimum Gasteiger partial charge on any atom is -0.205 e. The lowest BCUT2D eigenvalue weighted by atomic mass is 9.87. The standard InChI is InChI=1S/C12H19N3O2S/c1-10(2)11-5-8-15(9-6-11)18(16,17)12-4-3-7-13-14-12/h3-4,7,10-11H,5-6,8-9H2,1-2H3. The first-order chi connectivity index (χ1) is 8.51. The Bertz CT molecular complexity index is 479. The summed E-state index contributed by atoms with van der Waals surface area (Å²) in [4.78, 5) is 0. The van der Waals surface area contributed by atoms with Crippen molar-refractivity contribution in [2.45, 2.75) is 31.7 Å². The minimum absolute atomic E-state index is 0.0491. The van der Waals surface area contributed by atoms with Gasteiger partial charge in [-0.1, -0.05) is 13.8 Å². The van der Waals surface area contributed by atoms with Gasteiger partial charge in [0.2, 0.25) is 0 Å². The van der Waals surface area contributed by atoms with Crippen LogP contribution in [0.15, 0.2) is 23.4 Å². The van der Waals surface area contributed by atoms with Crippen LogP contribution < -0.4 is 0 Å². The van der Waals surface area contributed by atoms with Crippen LogP contribution in [0.4, 0.5) is 0 Å². The monoisotopic (exact) mass is 269 g/mol. The molecule has 0 unspecified atom stereocenters. The number of hydrogen-bond donors (Lipinski definition) is 0. The van der Waals surface area contributed by atoms with Crippen molar-refractivity contribution in [3.8, 4) is 0 Å². The molecule has 6 heteroatoms. The van der Waals surface area contributed by atoms with E-state index >= 15 is 0 Å². The summed E-state index contributed by atoms with van der Waals surface area (Å²) in [6.07, 6.45) is 3.33. The van der Waals surface area contributed by atoms with Crippen molar-refractivity contribution >= 4 is 10.0 Å². The molecule has 0 amide bonds. The van der Waals surface area contributed by atoms with E-state index in [1.807, 2.05) is 0 Å². The van der Waals surface area contributed by atoms with Crippen LogP contribution in [0, 0.1) is 11.8 Å². The first kappa shape index (κ1) is 13.4. The summed E-state index contributed by atoms with van der Waals surface area (Å²) < 4.78 is 26.1. The summed E-state index contributed by atoms with van der Waals surface area (Å²) in [5.41, 5.74) is 0. The molecule has 0 aliphatic carbocycles. The lowest BCUT2D eigenvalue weighted by Crippen LogP contribution is -2.39. The molecule has 18 heavy (non-hydrogen) atoms. The van der Waals surface area contributed by atoms with Crippen LogP contribution in [0.5, 0.6) is 0 Å². The Labute approximate surface area is 108 Å². The summed E-state index contributed by atoms with van der Waals surface area (Å²) in [5, 5.41) is 7.38. The lowest BCUT2D eigenvalue weighted by molar-refractivity contribution is 0.226. The van der Waals surface area contributed by atoms with Gasteiger partial charge in [0.15, 0.2) is 5.03 Å². The second-order valence-electron chi connectivity index (χ2n) is 5.05.